The number of hydrogen-bond acceptors (Lipinski definition) is 3. The molecule has 1 fully saturated rings. The van der Waals surface area contributed by atoms with E-state index in [9.17, 15) is 0 Å². The summed E-state index contributed by atoms with van der Waals surface area (Å²) in [7, 11) is 0. The van der Waals surface area contributed by atoms with E-state index in [2.05, 4.69) is 31.4 Å². The predicted octanol–water partition coefficient (Wildman–Crippen LogP) is 0.737. The van der Waals surface area contributed by atoms with Gasteiger partial charge in [-0.25, -0.2) is 0 Å². The Hall–Kier alpha value is -0.120. The van der Waals surface area contributed by atoms with E-state index in [-0.39, 0.29) is 11.0 Å². The van der Waals surface area contributed by atoms with Crippen LogP contribution in [0.15, 0.2) is 0 Å². The Labute approximate surface area is 87.3 Å². The van der Waals surface area contributed by atoms with Crippen LogP contribution in [-0.4, -0.2) is 36.9 Å². The lowest BCUT2D eigenvalue weighted by molar-refractivity contribution is 0.207. The molecule has 3 heteroatoms. The largest absolute Gasteiger partial charge is 0.396 e. The maximum absolute atomic E-state index is 9.09. The first kappa shape index (κ1) is 12.0. The van der Waals surface area contributed by atoms with E-state index in [0.29, 0.717) is 6.61 Å². The van der Waals surface area contributed by atoms with Crippen molar-refractivity contribution < 1.29 is 5.11 Å². The first-order valence-electron chi connectivity index (χ1n) is 5.54. The zero-order valence-corrected chi connectivity index (χ0v) is 9.69. The highest BCUT2D eigenvalue weighted by atomic mass is 16.3. The highest BCUT2D eigenvalue weighted by molar-refractivity contribution is 4.94. The summed E-state index contributed by atoms with van der Waals surface area (Å²) < 4.78 is 0. The van der Waals surface area contributed by atoms with E-state index < -0.39 is 0 Å². The molecule has 0 aromatic rings. The number of nitrogens with one attached hydrogen (secondary N) is 2. The van der Waals surface area contributed by atoms with Crippen LogP contribution in [0, 0.1) is 5.41 Å². The van der Waals surface area contributed by atoms with Crippen molar-refractivity contribution in [2.75, 3.05) is 26.2 Å². The Morgan fingerprint density at radius 2 is 1.86 bits per heavy atom. The van der Waals surface area contributed by atoms with Crippen LogP contribution in [0.25, 0.3) is 0 Å². The van der Waals surface area contributed by atoms with Gasteiger partial charge in [-0.15, -0.1) is 0 Å². The van der Waals surface area contributed by atoms with Crippen molar-refractivity contribution in [3.63, 3.8) is 0 Å². The van der Waals surface area contributed by atoms with E-state index in [1.165, 1.54) is 12.8 Å². The summed E-state index contributed by atoms with van der Waals surface area (Å²) in [6, 6.07) is 0. The second-order valence-corrected chi connectivity index (χ2v) is 5.51. The molecule has 0 radical (unpaired) electrons. The molecule has 0 aromatic carbocycles. The van der Waals surface area contributed by atoms with E-state index in [1.807, 2.05) is 0 Å². The monoisotopic (exact) mass is 200 g/mol. The first-order valence-corrected chi connectivity index (χ1v) is 5.54. The number of hydrogen-bond donors (Lipinski definition) is 3. The topological polar surface area (TPSA) is 44.3 Å². The van der Waals surface area contributed by atoms with Crippen molar-refractivity contribution in [2.24, 2.45) is 5.41 Å². The van der Waals surface area contributed by atoms with E-state index in [4.69, 9.17) is 5.11 Å². The lowest BCUT2D eigenvalue weighted by Crippen LogP contribution is -2.41. The fourth-order valence-corrected chi connectivity index (χ4v) is 1.45. The third-order valence-corrected chi connectivity index (χ3v) is 2.75. The maximum Gasteiger partial charge on any atom is 0.0499 e. The molecule has 0 unspecified atom stereocenters. The van der Waals surface area contributed by atoms with Gasteiger partial charge >= 0.3 is 0 Å². The van der Waals surface area contributed by atoms with Crippen molar-refractivity contribution in [2.45, 2.75) is 39.2 Å². The zero-order valence-electron chi connectivity index (χ0n) is 9.69. The average molecular weight is 200 g/mol. The molecular weight excluding hydrogens is 176 g/mol. The van der Waals surface area contributed by atoms with Crippen LogP contribution in [0.4, 0.5) is 0 Å². The van der Waals surface area contributed by atoms with Crippen LogP contribution >= 0.6 is 0 Å². The third-order valence-electron chi connectivity index (χ3n) is 2.75. The molecule has 1 aliphatic carbocycles. The second kappa shape index (κ2) is 4.60. The van der Waals surface area contributed by atoms with Gasteiger partial charge < -0.3 is 15.7 Å². The third kappa shape index (κ3) is 4.40. The Morgan fingerprint density at radius 1 is 1.21 bits per heavy atom. The van der Waals surface area contributed by atoms with Crippen molar-refractivity contribution in [3.05, 3.63) is 0 Å². The summed E-state index contributed by atoms with van der Waals surface area (Å²) >= 11 is 0. The molecule has 0 heterocycles. The van der Waals surface area contributed by atoms with Gasteiger partial charge in [-0.05, 0) is 33.6 Å². The predicted molar refractivity (Wildman–Crippen MR) is 59.4 cm³/mol. The standard InChI is InChI=1S/C11H24N2O/c1-10(2,3)13-7-6-12-8-11(9-14)4-5-11/h12-14H,4-9H2,1-3H3. The van der Waals surface area contributed by atoms with Crippen LogP contribution in [0.5, 0.6) is 0 Å². The number of aliphatic hydroxyl groups is 1. The molecule has 84 valence electrons. The van der Waals surface area contributed by atoms with Gasteiger partial charge in [0.2, 0.25) is 0 Å². The molecular formula is C11H24N2O. The summed E-state index contributed by atoms with van der Waals surface area (Å²) in [5, 5.41) is 15.9. The maximum atomic E-state index is 9.09. The van der Waals surface area contributed by atoms with Crippen molar-refractivity contribution in [1.29, 1.82) is 0 Å². The molecule has 3 N–H and O–H groups in total. The van der Waals surface area contributed by atoms with E-state index >= 15 is 0 Å². The summed E-state index contributed by atoms with van der Waals surface area (Å²) in [6.07, 6.45) is 2.37. The minimum Gasteiger partial charge on any atom is -0.396 e. The molecule has 0 atom stereocenters. The lowest BCUT2D eigenvalue weighted by Gasteiger charge is -2.21. The Morgan fingerprint density at radius 3 is 2.29 bits per heavy atom. The van der Waals surface area contributed by atoms with E-state index in [1.54, 1.807) is 0 Å². The minimum atomic E-state index is 0.204. The minimum absolute atomic E-state index is 0.204. The molecule has 1 saturated carbocycles. The smallest absolute Gasteiger partial charge is 0.0499 e. The van der Waals surface area contributed by atoms with Gasteiger partial charge in [0.25, 0.3) is 0 Å². The lowest BCUT2D eigenvalue weighted by atomic mass is 10.1. The Kier molecular flexibility index (Phi) is 3.93. The molecule has 1 rings (SSSR count). The molecule has 1 aliphatic rings. The first-order chi connectivity index (χ1) is 6.47. The van der Waals surface area contributed by atoms with Crippen molar-refractivity contribution in [3.8, 4) is 0 Å². The number of rotatable bonds is 6. The number of aliphatic hydroxyl groups excluding tert-OH is 1. The molecule has 0 spiro atoms. The average Bonchev–Trinajstić information content (AvgIpc) is 2.83. The highest BCUT2D eigenvalue weighted by Crippen LogP contribution is 2.44. The molecule has 0 aromatic heterocycles. The molecule has 0 bridgehead atoms. The summed E-state index contributed by atoms with van der Waals surface area (Å²) in [5.74, 6) is 0. The molecule has 0 saturated heterocycles. The van der Waals surface area contributed by atoms with Crippen LogP contribution in [0.1, 0.15) is 33.6 Å². The fourth-order valence-electron chi connectivity index (χ4n) is 1.45. The van der Waals surface area contributed by atoms with Crippen LogP contribution in [0.3, 0.4) is 0 Å². The summed E-state index contributed by atoms with van der Waals surface area (Å²) in [5.41, 5.74) is 0.442. The molecule has 0 aliphatic heterocycles. The normalized spacial score (nSPS) is 19.7. The second-order valence-electron chi connectivity index (χ2n) is 5.51. The van der Waals surface area contributed by atoms with Gasteiger partial charge in [0, 0.05) is 37.2 Å². The molecule has 14 heavy (non-hydrogen) atoms. The highest BCUT2D eigenvalue weighted by Gasteiger charge is 2.41. The van der Waals surface area contributed by atoms with Crippen LogP contribution < -0.4 is 10.6 Å². The summed E-state index contributed by atoms with van der Waals surface area (Å²) in [4.78, 5) is 0. The molecule has 3 nitrogen and oxygen atoms in total. The Bertz CT molecular complexity index is 171. The Balaban J connectivity index is 1.95. The molecule has 0 amide bonds. The SMILES string of the molecule is CC(C)(C)NCCNCC1(CO)CC1. The van der Waals surface area contributed by atoms with Crippen molar-refractivity contribution >= 4 is 0 Å². The summed E-state index contributed by atoms with van der Waals surface area (Å²) in [6.45, 7) is 9.79. The van der Waals surface area contributed by atoms with Crippen LogP contribution in [-0.2, 0) is 0 Å². The van der Waals surface area contributed by atoms with Gasteiger partial charge in [-0.1, -0.05) is 0 Å². The van der Waals surface area contributed by atoms with E-state index in [0.717, 1.165) is 19.6 Å². The van der Waals surface area contributed by atoms with Gasteiger partial charge in [-0.3, -0.25) is 0 Å². The quantitative estimate of drug-likeness (QED) is 0.554. The van der Waals surface area contributed by atoms with Gasteiger partial charge in [0.15, 0.2) is 0 Å². The van der Waals surface area contributed by atoms with Gasteiger partial charge in [0.05, 0.1) is 0 Å². The van der Waals surface area contributed by atoms with Crippen LogP contribution in [0.2, 0.25) is 0 Å². The fraction of sp³-hybridized carbons (Fsp3) is 1.00. The zero-order chi connectivity index (χ0) is 10.7. The van der Waals surface area contributed by atoms with Gasteiger partial charge in [-0.2, -0.15) is 0 Å². The van der Waals surface area contributed by atoms with Crippen molar-refractivity contribution in [1.82, 2.24) is 10.6 Å². The van der Waals surface area contributed by atoms with Gasteiger partial charge in [0.1, 0.15) is 0 Å².